The van der Waals surface area contributed by atoms with Crippen LogP contribution in [0.5, 0.6) is 0 Å². The van der Waals surface area contributed by atoms with Crippen molar-refractivity contribution in [2.24, 2.45) is 5.84 Å². The standard InChI is InChI=1S/C16H32N4S/c1-5-6-7-8-9-10-11-12-13(18-17)14-15(16(2,3)4)19-20-21-14/h13,18H,5-12,17H2,1-4H3. The lowest BCUT2D eigenvalue weighted by molar-refractivity contribution is 0.466. The second-order valence-electron chi connectivity index (χ2n) is 6.87. The lowest BCUT2D eigenvalue weighted by Gasteiger charge is -2.21. The van der Waals surface area contributed by atoms with Crippen molar-refractivity contribution >= 4 is 11.5 Å². The summed E-state index contributed by atoms with van der Waals surface area (Å²) in [6, 6.07) is 0.190. The van der Waals surface area contributed by atoms with Crippen LogP contribution in [0.4, 0.5) is 0 Å². The van der Waals surface area contributed by atoms with Gasteiger partial charge in [0.25, 0.3) is 0 Å². The summed E-state index contributed by atoms with van der Waals surface area (Å²) in [7, 11) is 0. The second-order valence-corrected chi connectivity index (χ2v) is 7.65. The quantitative estimate of drug-likeness (QED) is 0.380. The van der Waals surface area contributed by atoms with E-state index in [-0.39, 0.29) is 11.5 Å². The van der Waals surface area contributed by atoms with Gasteiger partial charge in [-0.15, -0.1) is 5.10 Å². The molecule has 0 aromatic carbocycles. The Bertz CT molecular complexity index is 384. The van der Waals surface area contributed by atoms with Crippen LogP contribution >= 0.6 is 11.5 Å². The monoisotopic (exact) mass is 312 g/mol. The topological polar surface area (TPSA) is 63.8 Å². The molecule has 21 heavy (non-hydrogen) atoms. The van der Waals surface area contributed by atoms with Gasteiger partial charge in [-0.25, -0.2) is 0 Å². The van der Waals surface area contributed by atoms with Crippen molar-refractivity contribution < 1.29 is 0 Å². The van der Waals surface area contributed by atoms with Gasteiger partial charge in [-0.3, -0.25) is 11.3 Å². The first-order valence-corrected chi connectivity index (χ1v) is 9.07. The molecule has 0 aliphatic rings. The van der Waals surface area contributed by atoms with E-state index in [9.17, 15) is 0 Å². The maximum absolute atomic E-state index is 5.76. The number of rotatable bonds is 10. The molecule has 1 aromatic rings. The molecule has 0 radical (unpaired) electrons. The summed E-state index contributed by atoms with van der Waals surface area (Å²) in [5, 5.41) is 4.31. The van der Waals surface area contributed by atoms with Crippen LogP contribution in [0.15, 0.2) is 0 Å². The van der Waals surface area contributed by atoms with Crippen LogP contribution in [0.2, 0.25) is 0 Å². The third kappa shape index (κ3) is 6.41. The lowest BCUT2D eigenvalue weighted by Crippen LogP contribution is -2.29. The van der Waals surface area contributed by atoms with Gasteiger partial charge in [0.05, 0.1) is 16.6 Å². The number of unbranched alkanes of at least 4 members (excludes halogenated alkanes) is 6. The van der Waals surface area contributed by atoms with Crippen LogP contribution in [0.25, 0.3) is 0 Å². The van der Waals surface area contributed by atoms with Crippen LogP contribution in [-0.2, 0) is 5.41 Å². The van der Waals surface area contributed by atoms with Crippen LogP contribution < -0.4 is 11.3 Å². The highest BCUT2D eigenvalue weighted by Gasteiger charge is 2.26. The van der Waals surface area contributed by atoms with E-state index in [4.69, 9.17) is 5.84 Å². The number of hydrogen-bond donors (Lipinski definition) is 2. The van der Waals surface area contributed by atoms with Crippen molar-refractivity contribution in [3.63, 3.8) is 0 Å². The highest BCUT2D eigenvalue weighted by molar-refractivity contribution is 7.05. The first kappa shape index (κ1) is 18.5. The Morgan fingerprint density at radius 1 is 1.10 bits per heavy atom. The van der Waals surface area contributed by atoms with Crippen LogP contribution in [0.3, 0.4) is 0 Å². The zero-order valence-electron chi connectivity index (χ0n) is 14.1. The molecular formula is C16H32N4S. The zero-order valence-corrected chi connectivity index (χ0v) is 14.9. The molecule has 1 unspecified atom stereocenters. The molecule has 1 rings (SSSR count). The van der Waals surface area contributed by atoms with Crippen LogP contribution in [-0.4, -0.2) is 9.59 Å². The molecule has 3 N–H and O–H groups in total. The van der Waals surface area contributed by atoms with Gasteiger partial charge in [0.2, 0.25) is 0 Å². The van der Waals surface area contributed by atoms with Gasteiger partial charge in [0.15, 0.2) is 0 Å². The third-order valence-corrected chi connectivity index (χ3v) is 4.68. The van der Waals surface area contributed by atoms with E-state index in [0.29, 0.717) is 0 Å². The normalized spacial score (nSPS) is 13.6. The van der Waals surface area contributed by atoms with E-state index in [1.54, 1.807) is 0 Å². The molecule has 0 spiro atoms. The fraction of sp³-hybridized carbons (Fsp3) is 0.875. The highest BCUT2D eigenvalue weighted by atomic mass is 32.1. The van der Waals surface area contributed by atoms with E-state index in [1.807, 2.05) is 0 Å². The SMILES string of the molecule is CCCCCCCCCC(NN)c1snnc1C(C)(C)C. The smallest absolute Gasteiger partial charge is 0.0857 e. The Kier molecular flexibility index (Phi) is 8.37. The number of nitrogens with one attached hydrogen (secondary N) is 1. The molecule has 0 aliphatic heterocycles. The van der Waals surface area contributed by atoms with E-state index in [2.05, 4.69) is 42.7 Å². The van der Waals surface area contributed by atoms with E-state index in [0.717, 1.165) is 12.1 Å². The number of hydrogen-bond acceptors (Lipinski definition) is 5. The average Bonchev–Trinajstić information content (AvgIpc) is 2.91. The predicted octanol–water partition coefficient (Wildman–Crippen LogP) is 4.48. The molecule has 0 saturated carbocycles. The Hall–Kier alpha value is -0.520. The molecule has 0 amide bonds. The largest absolute Gasteiger partial charge is 0.271 e. The average molecular weight is 313 g/mol. The fourth-order valence-electron chi connectivity index (χ4n) is 2.54. The Morgan fingerprint density at radius 2 is 1.71 bits per heavy atom. The number of aromatic nitrogens is 2. The minimum atomic E-state index is 0.0254. The molecule has 1 aromatic heterocycles. The Balaban J connectivity index is 2.40. The first-order valence-electron chi connectivity index (χ1n) is 8.29. The van der Waals surface area contributed by atoms with Crippen molar-refractivity contribution in [1.29, 1.82) is 0 Å². The molecule has 0 aliphatic carbocycles. The molecule has 4 nitrogen and oxygen atoms in total. The van der Waals surface area contributed by atoms with Crippen molar-refractivity contribution in [2.75, 3.05) is 0 Å². The van der Waals surface area contributed by atoms with E-state index >= 15 is 0 Å². The first-order chi connectivity index (χ1) is 10.0. The summed E-state index contributed by atoms with van der Waals surface area (Å²) in [5.74, 6) is 5.76. The Morgan fingerprint density at radius 3 is 2.29 bits per heavy atom. The molecule has 122 valence electrons. The van der Waals surface area contributed by atoms with E-state index < -0.39 is 0 Å². The minimum absolute atomic E-state index is 0.0254. The fourth-order valence-corrected chi connectivity index (χ4v) is 3.50. The third-order valence-electron chi connectivity index (χ3n) is 3.84. The van der Waals surface area contributed by atoms with Crippen molar-refractivity contribution in [1.82, 2.24) is 15.0 Å². The van der Waals surface area contributed by atoms with Gasteiger partial charge in [-0.2, -0.15) is 0 Å². The molecule has 0 saturated heterocycles. The lowest BCUT2D eigenvalue weighted by atomic mass is 9.89. The summed E-state index contributed by atoms with van der Waals surface area (Å²) in [5.41, 5.74) is 4.07. The summed E-state index contributed by atoms with van der Waals surface area (Å²) < 4.78 is 4.13. The van der Waals surface area contributed by atoms with Crippen molar-refractivity contribution in [2.45, 2.75) is 90.5 Å². The second kappa shape index (κ2) is 9.49. The zero-order chi connectivity index (χ0) is 15.7. The van der Waals surface area contributed by atoms with Gasteiger partial charge < -0.3 is 0 Å². The number of nitrogens with zero attached hydrogens (tertiary/aromatic N) is 2. The molecule has 0 fully saturated rings. The van der Waals surface area contributed by atoms with Crippen LogP contribution in [0.1, 0.15) is 95.7 Å². The summed E-state index contributed by atoms with van der Waals surface area (Å²) >= 11 is 1.48. The van der Waals surface area contributed by atoms with Gasteiger partial charge in [-0.1, -0.05) is 77.1 Å². The maximum atomic E-state index is 5.76. The van der Waals surface area contributed by atoms with E-state index in [1.165, 1.54) is 61.4 Å². The van der Waals surface area contributed by atoms with Gasteiger partial charge in [0.1, 0.15) is 0 Å². The number of nitrogens with two attached hydrogens (primary N) is 1. The molecule has 1 heterocycles. The summed E-state index contributed by atoms with van der Waals surface area (Å²) in [6.45, 7) is 8.78. The van der Waals surface area contributed by atoms with Crippen LogP contribution in [0, 0.1) is 0 Å². The Labute approximate surface area is 134 Å². The summed E-state index contributed by atoms with van der Waals surface area (Å²) in [6.07, 6.45) is 10.3. The van der Waals surface area contributed by atoms with Crippen molar-refractivity contribution in [3.05, 3.63) is 10.6 Å². The summed E-state index contributed by atoms with van der Waals surface area (Å²) in [4.78, 5) is 1.20. The van der Waals surface area contributed by atoms with Gasteiger partial charge >= 0.3 is 0 Å². The van der Waals surface area contributed by atoms with Crippen molar-refractivity contribution in [3.8, 4) is 0 Å². The highest BCUT2D eigenvalue weighted by Crippen LogP contribution is 2.32. The molecular weight excluding hydrogens is 280 g/mol. The predicted molar refractivity (Wildman–Crippen MR) is 91.3 cm³/mol. The number of hydrazine groups is 1. The maximum Gasteiger partial charge on any atom is 0.0857 e. The molecule has 5 heteroatoms. The van der Waals surface area contributed by atoms with Gasteiger partial charge in [-0.05, 0) is 18.0 Å². The molecule has 1 atom stereocenters. The molecule has 0 bridgehead atoms. The van der Waals surface area contributed by atoms with Gasteiger partial charge in [0, 0.05) is 5.41 Å². The minimum Gasteiger partial charge on any atom is -0.271 e.